The summed E-state index contributed by atoms with van der Waals surface area (Å²) in [5, 5.41) is 14.0. The molecule has 2 aromatic rings. The first kappa shape index (κ1) is 12.5. The Balaban J connectivity index is 1.88. The molecule has 8 heteroatoms. The molecular weight excluding hydrogens is 257 g/mol. The maximum absolute atomic E-state index is 12.9. The molecule has 1 N–H and O–H groups in total. The maximum Gasteiger partial charge on any atom is 0.234 e. The summed E-state index contributed by atoms with van der Waals surface area (Å²) >= 11 is 1.21. The molecule has 0 fully saturated rings. The van der Waals surface area contributed by atoms with Crippen LogP contribution in [0.4, 0.5) is 10.1 Å². The summed E-state index contributed by atoms with van der Waals surface area (Å²) < 4.78 is 14.4. The van der Waals surface area contributed by atoms with E-state index in [1.54, 1.807) is 13.1 Å². The van der Waals surface area contributed by atoms with E-state index in [0.717, 1.165) is 0 Å². The topological polar surface area (TPSA) is 72.7 Å². The molecule has 6 nitrogen and oxygen atoms in total. The fourth-order valence-electron chi connectivity index (χ4n) is 1.24. The predicted octanol–water partition coefficient (Wildman–Crippen LogP) is 1.08. The molecule has 18 heavy (non-hydrogen) atoms. The van der Waals surface area contributed by atoms with E-state index >= 15 is 0 Å². The summed E-state index contributed by atoms with van der Waals surface area (Å²) in [5.74, 6) is -0.475. The number of halogens is 1. The minimum Gasteiger partial charge on any atom is -0.325 e. The van der Waals surface area contributed by atoms with Crippen molar-refractivity contribution in [3.05, 3.63) is 30.1 Å². The number of nitrogens with zero attached hydrogens (tertiary/aromatic N) is 4. The van der Waals surface area contributed by atoms with Gasteiger partial charge in [-0.1, -0.05) is 17.8 Å². The Morgan fingerprint density at radius 3 is 3.06 bits per heavy atom. The van der Waals surface area contributed by atoms with Gasteiger partial charge in [0, 0.05) is 12.7 Å². The van der Waals surface area contributed by atoms with Crippen LogP contribution in [0, 0.1) is 5.82 Å². The van der Waals surface area contributed by atoms with Gasteiger partial charge in [0.25, 0.3) is 0 Å². The van der Waals surface area contributed by atoms with Gasteiger partial charge in [0.15, 0.2) is 0 Å². The van der Waals surface area contributed by atoms with E-state index < -0.39 is 5.82 Å². The number of thioether (sulfide) groups is 1. The number of benzene rings is 1. The van der Waals surface area contributed by atoms with Gasteiger partial charge in [0.1, 0.15) is 5.82 Å². The second-order valence-corrected chi connectivity index (χ2v) is 4.37. The molecule has 0 saturated carbocycles. The summed E-state index contributed by atoms with van der Waals surface area (Å²) in [6, 6.07) is 5.72. The van der Waals surface area contributed by atoms with Crippen LogP contribution in [-0.4, -0.2) is 31.9 Å². The number of rotatable bonds is 4. The van der Waals surface area contributed by atoms with Gasteiger partial charge in [0.05, 0.1) is 5.75 Å². The highest BCUT2D eigenvalue weighted by Gasteiger charge is 2.08. The van der Waals surface area contributed by atoms with Crippen molar-refractivity contribution >= 4 is 23.4 Å². The third-order valence-corrected chi connectivity index (χ3v) is 3.03. The van der Waals surface area contributed by atoms with Crippen molar-refractivity contribution in [2.45, 2.75) is 5.16 Å². The van der Waals surface area contributed by atoms with Crippen molar-refractivity contribution in [1.82, 2.24) is 20.2 Å². The maximum atomic E-state index is 12.9. The summed E-state index contributed by atoms with van der Waals surface area (Å²) in [7, 11) is 1.69. The van der Waals surface area contributed by atoms with Gasteiger partial charge >= 0.3 is 0 Å². The molecule has 0 radical (unpaired) electrons. The Kier molecular flexibility index (Phi) is 3.88. The van der Waals surface area contributed by atoms with Crippen molar-refractivity contribution in [1.29, 1.82) is 0 Å². The first-order valence-corrected chi connectivity index (χ1v) is 6.04. The number of aryl methyl sites for hydroxylation is 1. The van der Waals surface area contributed by atoms with Gasteiger partial charge in [-0.05, 0) is 28.6 Å². The average molecular weight is 267 g/mol. The van der Waals surface area contributed by atoms with Crippen LogP contribution in [0.3, 0.4) is 0 Å². The second kappa shape index (κ2) is 5.58. The van der Waals surface area contributed by atoms with Crippen LogP contribution in [-0.2, 0) is 11.8 Å². The summed E-state index contributed by atoms with van der Waals surface area (Å²) in [6.07, 6.45) is 0. The largest absolute Gasteiger partial charge is 0.325 e. The number of amides is 1. The third-order valence-electron chi connectivity index (χ3n) is 2.02. The molecule has 0 atom stereocenters. The molecule has 1 amide bonds. The summed E-state index contributed by atoms with van der Waals surface area (Å²) in [6.45, 7) is 0. The molecule has 94 valence electrons. The fourth-order valence-corrected chi connectivity index (χ4v) is 1.89. The lowest BCUT2D eigenvalue weighted by Gasteiger charge is -2.04. The molecule has 0 unspecified atom stereocenters. The smallest absolute Gasteiger partial charge is 0.234 e. The van der Waals surface area contributed by atoms with E-state index in [9.17, 15) is 9.18 Å². The van der Waals surface area contributed by atoms with Crippen LogP contribution in [0.5, 0.6) is 0 Å². The third kappa shape index (κ3) is 3.27. The molecule has 0 saturated heterocycles. The lowest BCUT2D eigenvalue weighted by Crippen LogP contribution is -2.14. The first-order chi connectivity index (χ1) is 8.65. The molecule has 2 rings (SSSR count). The second-order valence-electron chi connectivity index (χ2n) is 3.43. The van der Waals surface area contributed by atoms with Gasteiger partial charge in [-0.15, -0.1) is 5.10 Å². The lowest BCUT2D eigenvalue weighted by molar-refractivity contribution is -0.113. The molecular formula is C10H10FN5OS. The van der Waals surface area contributed by atoms with E-state index in [4.69, 9.17) is 0 Å². The van der Waals surface area contributed by atoms with E-state index in [2.05, 4.69) is 20.8 Å². The molecule has 0 bridgehead atoms. The number of aromatic nitrogens is 4. The minimum absolute atomic E-state index is 0.157. The Labute approximate surface area is 107 Å². The van der Waals surface area contributed by atoms with Crippen LogP contribution < -0.4 is 5.32 Å². The lowest BCUT2D eigenvalue weighted by atomic mass is 10.3. The molecule has 0 spiro atoms. The Morgan fingerprint density at radius 2 is 2.39 bits per heavy atom. The standard InChI is InChI=1S/C10H10FN5OS/c1-16-10(13-14-15-16)18-6-9(17)12-8-4-2-3-7(11)5-8/h2-5H,6H2,1H3,(H,12,17). The van der Waals surface area contributed by atoms with E-state index in [1.807, 2.05) is 0 Å². The zero-order valence-corrected chi connectivity index (χ0v) is 10.3. The van der Waals surface area contributed by atoms with Gasteiger partial charge in [0.2, 0.25) is 11.1 Å². The number of anilines is 1. The van der Waals surface area contributed by atoms with Crippen LogP contribution in [0.15, 0.2) is 29.4 Å². The van der Waals surface area contributed by atoms with Crippen LogP contribution in [0.25, 0.3) is 0 Å². The molecule has 0 aliphatic carbocycles. The van der Waals surface area contributed by atoms with Crippen molar-refractivity contribution in [2.24, 2.45) is 7.05 Å². The van der Waals surface area contributed by atoms with E-state index in [0.29, 0.717) is 10.8 Å². The highest BCUT2D eigenvalue weighted by atomic mass is 32.2. The SMILES string of the molecule is Cn1nnnc1SCC(=O)Nc1cccc(F)c1. The zero-order chi connectivity index (χ0) is 13.0. The number of nitrogens with one attached hydrogen (secondary N) is 1. The number of hydrogen-bond acceptors (Lipinski definition) is 5. The van der Waals surface area contributed by atoms with Gasteiger partial charge in [-0.3, -0.25) is 4.79 Å². The van der Waals surface area contributed by atoms with Crippen molar-refractivity contribution in [2.75, 3.05) is 11.1 Å². The molecule has 1 aromatic heterocycles. The van der Waals surface area contributed by atoms with Crippen LogP contribution >= 0.6 is 11.8 Å². The zero-order valence-electron chi connectivity index (χ0n) is 9.50. The van der Waals surface area contributed by atoms with Gasteiger partial charge in [-0.25, -0.2) is 9.07 Å². The normalized spacial score (nSPS) is 10.3. The fraction of sp³-hybridized carbons (Fsp3) is 0.200. The monoisotopic (exact) mass is 267 g/mol. The number of carbonyl (C=O) groups is 1. The molecule has 0 aliphatic heterocycles. The van der Waals surface area contributed by atoms with Gasteiger partial charge < -0.3 is 5.32 Å². The Hall–Kier alpha value is -1.96. The highest BCUT2D eigenvalue weighted by molar-refractivity contribution is 7.99. The minimum atomic E-state index is -0.391. The number of hydrogen-bond donors (Lipinski definition) is 1. The average Bonchev–Trinajstić information content (AvgIpc) is 2.72. The first-order valence-electron chi connectivity index (χ1n) is 5.06. The Morgan fingerprint density at radius 1 is 1.56 bits per heavy atom. The van der Waals surface area contributed by atoms with Crippen LogP contribution in [0.1, 0.15) is 0 Å². The van der Waals surface area contributed by atoms with Crippen molar-refractivity contribution in [3.63, 3.8) is 0 Å². The summed E-state index contributed by atoms with van der Waals surface area (Å²) in [4.78, 5) is 11.6. The number of tetrazole rings is 1. The van der Waals surface area contributed by atoms with Crippen LogP contribution in [0.2, 0.25) is 0 Å². The van der Waals surface area contributed by atoms with E-state index in [1.165, 1.54) is 34.6 Å². The quantitative estimate of drug-likeness (QED) is 0.839. The molecule has 0 aliphatic rings. The van der Waals surface area contributed by atoms with E-state index in [-0.39, 0.29) is 11.7 Å². The number of carbonyl (C=O) groups excluding carboxylic acids is 1. The molecule has 1 heterocycles. The van der Waals surface area contributed by atoms with Gasteiger partial charge in [-0.2, -0.15) is 0 Å². The Bertz CT molecular complexity index is 559. The predicted molar refractivity (Wildman–Crippen MR) is 64.6 cm³/mol. The molecule has 1 aromatic carbocycles. The van der Waals surface area contributed by atoms with Crippen molar-refractivity contribution < 1.29 is 9.18 Å². The van der Waals surface area contributed by atoms with Crippen molar-refractivity contribution in [3.8, 4) is 0 Å². The highest BCUT2D eigenvalue weighted by Crippen LogP contribution is 2.14. The summed E-state index contributed by atoms with van der Waals surface area (Å²) in [5.41, 5.74) is 0.427.